The van der Waals surface area contributed by atoms with E-state index < -0.39 is 0 Å². The predicted molar refractivity (Wildman–Crippen MR) is 150 cm³/mol. The molecule has 0 saturated heterocycles. The first-order valence-electron chi connectivity index (χ1n) is 11.6. The Hall–Kier alpha value is -2.37. The molecule has 0 amide bonds. The van der Waals surface area contributed by atoms with E-state index in [9.17, 15) is 9.59 Å². The van der Waals surface area contributed by atoms with Gasteiger partial charge in [-0.15, -0.1) is 22.7 Å². The van der Waals surface area contributed by atoms with Crippen molar-refractivity contribution in [3.8, 4) is 0 Å². The Kier molecular flexibility index (Phi) is 8.65. The van der Waals surface area contributed by atoms with Crippen LogP contribution in [0.15, 0.2) is 50.9 Å². The van der Waals surface area contributed by atoms with E-state index in [1.54, 1.807) is 23.1 Å². The summed E-state index contributed by atoms with van der Waals surface area (Å²) in [4.78, 5) is 29.6. The van der Waals surface area contributed by atoms with Gasteiger partial charge in [0.05, 0.1) is 24.3 Å². The molecule has 0 atom stereocenters. The van der Waals surface area contributed by atoms with Crippen molar-refractivity contribution in [3.05, 3.63) is 81.8 Å². The maximum atomic E-state index is 13.5. The molecule has 0 saturated carbocycles. The highest BCUT2D eigenvalue weighted by atomic mass is 35.5. The smallest absolute Gasteiger partial charge is 0.348 e. The van der Waals surface area contributed by atoms with E-state index in [1.165, 1.54) is 40.2 Å². The number of thioether (sulfide) groups is 1. The molecule has 1 aromatic carbocycles. The van der Waals surface area contributed by atoms with Crippen molar-refractivity contribution >= 4 is 68.5 Å². The lowest BCUT2D eigenvalue weighted by atomic mass is 10.1. The van der Waals surface area contributed by atoms with Crippen LogP contribution in [0.25, 0.3) is 11.1 Å². The first-order valence-corrected chi connectivity index (χ1v) is 15.0. The fourth-order valence-corrected chi connectivity index (χ4v) is 8.38. The van der Waals surface area contributed by atoms with E-state index >= 15 is 0 Å². The van der Waals surface area contributed by atoms with Gasteiger partial charge in [-0.3, -0.25) is 9.36 Å². The van der Waals surface area contributed by atoms with Crippen LogP contribution in [-0.2, 0) is 24.2 Å². The monoisotopic (exact) mass is 591 g/mol. The van der Waals surface area contributed by atoms with Crippen LogP contribution in [0, 0.1) is 0 Å². The lowest BCUT2D eigenvalue weighted by Crippen LogP contribution is -3.00. The minimum Gasteiger partial charge on any atom is -1.00 e. The first-order chi connectivity index (χ1) is 17.4. The molecule has 0 bridgehead atoms. The third-order valence-electron chi connectivity index (χ3n) is 6.15. The zero-order chi connectivity index (χ0) is 25.4. The number of esters is 1. The molecule has 5 rings (SSSR count). The zero-order valence-electron chi connectivity index (χ0n) is 20.8. The van der Waals surface area contributed by atoms with E-state index in [4.69, 9.17) is 4.74 Å². The van der Waals surface area contributed by atoms with E-state index in [2.05, 4.69) is 40.7 Å². The SMILES string of the molecule is CCc1ccc2c(c1)S/C(=c1/s/c(=C\c3scc[n+]3Cc3ccsc3C(=O)OC)n(CC)c1=O)N2C.[Cl-]. The minimum absolute atomic E-state index is 0. The highest BCUT2D eigenvalue weighted by Gasteiger charge is 2.25. The Bertz CT molecular complexity index is 1630. The standard InChI is InChI=1S/C26H26N3O3S4.ClH/c1-5-16-7-8-18-19(13-16)35-25(27(18)3)23-24(30)29(6-2)21(36-23)14-20-28(10-12-33-20)15-17-9-11-34-22(17)26(31)32-4;/h7-14H,5-6,15H2,1-4H3;1H/q+1;/p-1/b25-23+;. The highest BCUT2D eigenvalue weighted by molar-refractivity contribution is 8.08. The number of anilines is 1. The Labute approximate surface area is 237 Å². The topological polar surface area (TPSA) is 55.4 Å². The number of carbonyl (C=O) groups is 1. The molecular formula is C26H26ClN3O3S4. The van der Waals surface area contributed by atoms with Gasteiger partial charge in [0.1, 0.15) is 19.1 Å². The number of aromatic nitrogens is 2. The van der Waals surface area contributed by atoms with Crippen molar-refractivity contribution in [2.75, 3.05) is 19.1 Å². The number of carbonyl (C=O) groups excluding carboxylic acids is 1. The van der Waals surface area contributed by atoms with Crippen molar-refractivity contribution in [2.24, 2.45) is 0 Å². The lowest BCUT2D eigenvalue weighted by Gasteiger charge is -2.12. The summed E-state index contributed by atoms with van der Waals surface area (Å²) in [5.41, 5.74) is 3.40. The molecule has 0 spiro atoms. The molecular weight excluding hydrogens is 566 g/mol. The molecule has 0 unspecified atom stereocenters. The fourth-order valence-electron chi connectivity index (χ4n) is 4.17. The van der Waals surface area contributed by atoms with Crippen LogP contribution in [0.3, 0.4) is 0 Å². The van der Waals surface area contributed by atoms with Crippen molar-refractivity contribution in [1.29, 1.82) is 0 Å². The average molecular weight is 592 g/mol. The molecule has 0 aliphatic carbocycles. The Balaban J connectivity index is 0.00000320. The number of rotatable bonds is 6. The second-order valence-corrected chi connectivity index (χ2v) is 12.1. The fraction of sp³-hybridized carbons (Fsp3) is 0.269. The van der Waals surface area contributed by atoms with E-state index in [1.807, 2.05) is 41.6 Å². The number of hydrogen-bond acceptors (Lipinski definition) is 8. The molecule has 0 radical (unpaired) electrons. The second kappa shape index (κ2) is 11.6. The summed E-state index contributed by atoms with van der Waals surface area (Å²) < 4.78 is 10.6. The molecule has 194 valence electrons. The number of benzene rings is 1. The number of methoxy groups -OCH3 is 1. The summed E-state index contributed by atoms with van der Waals surface area (Å²) in [6, 6.07) is 8.49. The van der Waals surface area contributed by atoms with Gasteiger partial charge in [-0.1, -0.05) is 36.1 Å². The quantitative estimate of drug-likeness (QED) is 0.246. The number of halogens is 1. The third-order valence-corrected chi connectivity index (χ3v) is 10.4. The maximum absolute atomic E-state index is 13.5. The van der Waals surface area contributed by atoms with Gasteiger partial charge in [0.2, 0.25) is 0 Å². The number of thiophene rings is 1. The number of hydrogen-bond donors (Lipinski definition) is 0. The summed E-state index contributed by atoms with van der Waals surface area (Å²) >= 11 is 6.21. The summed E-state index contributed by atoms with van der Waals surface area (Å²) in [5, 5.41) is 5.93. The number of aryl methyl sites for hydroxylation is 1. The van der Waals surface area contributed by atoms with Crippen molar-refractivity contribution < 1.29 is 26.5 Å². The summed E-state index contributed by atoms with van der Waals surface area (Å²) in [7, 11) is 3.44. The number of nitrogens with zero attached hydrogens (tertiary/aromatic N) is 3. The van der Waals surface area contributed by atoms with Gasteiger partial charge >= 0.3 is 5.97 Å². The lowest BCUT2D eigenvalue weighted by molar-refractivity contribution is -0.685. The van der Waals surface area contributed by atoms with Gasteiger partial charge in [0, 0.05) is 24.1 Å². The van der Waals surface area contributed by atoms with Gasteiger partial charge in [0.25, 0.3) is 10.6 Å². The van der Waals surface area contributed by atoms with Crippen LogP contribution < -0.4 is 36.6 Å². The van der Waals surface area contributed by atoms with Crippen LogP contribution in [0.5, 0.6) is 0 Å². The summed E-state index contributed by atoms with van der Waals surface area (Å²) in [6.45, 7) is 5.31. The molecule has 3 aromatic heterocycles. The van der Waals surface area contributed by atoms with Crippen LogP contribution in [0.4, 0.5) is 5.69 Å². The van der Waals surface area contributed by atoms with Crippen LogP contribution in [-0.4, -0.2) is 24.7 Å². The predicted octanol–water partition coefficient (Wildman–Crippen LogP) is 0.878. The molecule has 4 heterocycles. The number of thiazole rings is 2. The minimum atomic E-state index is -0.314. The number of fused-ring (bicyclic) bond motifs is 1. The van der Waals surface area contributed by atoms with Crippen LogP contribution >= 0.6 is 45.8 Å². The normalized spacial score (nSPS) is 14.6. The van der Waals surface area contributed by atoms with Crippen molar-refractivity contribution in [3.63, 3.8) is 0 Å². The van der Waals surface area contributed by atoms with Crippen LogP contribution in [0.1, 0.15) is 39.7 Å². The first kappa shape index (κ1) is 27.7. The van der Waals surface area contributed by atoms with Gasteiger partial charge < -0.3 is 22.0 Å². The van der Waals surface area contributed by atoms with Gasteiger partial charge in [-0.2, -0.15) is 4.57 Å². The van der Waals surface area contributed by atoms with Gasteiger partial charge in [0.15, 0.2) is 12.7 Å². The maximum Gasteiger partial charge on any atom is 0.348 e. The molecule has 6 nitrogen and oxygen atoms in total. The molecule has 0 fully saturated rings. The van der Waals surface area contributed by atoms with Crippen molar-refractivity contribution in [1.82, 2.24) is 4.57 Å². The Morgan fingerprint density at radius 2 is 1.97 bits per heavy atom. The molecule has 1 aliphatic rings. The summed E-state index contributed by atoms with van der Waals surface area (Å²) in [5.74, 6) is -0.314. The van der Waals surface area contributed by atoms with E-state index in [0.717, 1.165) is 36.9 Å². The Morgan fingerprint density at radius 1 is 1.16 bits per heavy atom. The zero-order valence-corrected chi connectivity index (χ0v) is 24.8. The third kappa shape index (κ3) is 5.18. The number of ether oxygens (including phenoxy) is 1. The van der Waals surface area contributed by atoms with E-state index in [-0.39, 0.29) is 23.9 Å². The second-order valence-electron chi connectivity index (χ2n) is 8.22. The molecule has 4 aromatic rings. The largest absolute Gasteiger partial charge is 1.00 e. The highest BCUT2D eigenvalue weighted by Crippen LogP contribution is 2.45. The Morgan fingerprint density at radius 3 is 2.70 bits per heavy atom. The molecule has 0 N–H and O–H groups in total. The average Bonchev–Trinajstić information content (AvgIpc) is 3.66. The van der Waals surface area contributed by atoms with Gasteiger partial charge in [-0.25, -0.2) is 4.79 Å². The van der Waals surface area contributed by atoms with Gasteiger partial charge in [-0.05, 0) is 42.5 Å². The van der Waals surface area contributed by atoms with E-state index in [0.29, 0.717) is 18.0 Å². The molecule has 11 heteroatoms. The molecule has 37 heavy (non-hydrogen) atoms. The molecule has 1 aliphatic heterocycles. The van der Waals surface area contributed by atoms with Crippen LogP contribution in [0.2, 0.25) is 0 Å². The van der Waals surface area contributed by atoms with Crippen molar-refractivity contribution in [2.45, 2.75) is 38.3 Å². The summed E-state index contributed by atoms with van der Waals surface area (Å²) in [6.07, 6.45) is 5.08.